The van der Waals surface area contributed by atoms with Crippen molar-refractivity contribution in [2.75, 3.05) is 18.9 Å². The summed E-state index contributed by atoms with van der Waals surface area (Å²) >= 11 is 0.643. The monoisotopic (exact) mass is 461 g/mol. The largest absolute Gasteiger partial charge is 0.465 e. The van der Waals surface area contributed by atoms with Crippen molar-refractivity contribution in [1.29, 1.82) is 0 Å². The van der Waals surface area contributed by atoms with Crippen LogP contribution in [0.4, 0.5) is 5.69 Å². The van der Waals surface area contributed by atoms with E-state index in [4.69, 9.17) is 9.47 Å². The number of carbonyl (C=O) groups excluding carboxylic acids is 2. The number of para-hydroxylation sites is 1. The van der Waals surface area contributed by atoms with Crippen molar-refractivity contribution in [1.82, 2.24) is 0 Å². The van der Waals surface area contributed by atoms with Gasteiger partial charge in [-0.15, -0.1) is 11.3 Å². The van der Waals surface area contributed by atoms with Gasteiger partial charge >= 0.3 is 11.9 Å². The summed E-state index contributed by atoms with van der Waals surface area (Å²) in [6, 6.07) is 15.4. The lowest BCUT2D eigenvalue weighted by atomic mass is 10.2. The third-order valence-corrected chi connectivity index (χ3v) is 7.38. The third-order valence-electron chi connectivity index (χ3n) is 4.20. The van der Waals surface area contributed by atoms with Crippen molar-refractivity contribution in [2.24, 2.45) is 0 Å². The molecule has 0 bridgehead atoms. The normalized spacial score (nSPS) is 10.9. The molecule has 3 rings (SSSR count). The quantitative estimate of drug-likeness (QED) is 0.525. The van der Waals surface area contributed by atoms with E-state index in [0.29, 0.717) is 22.8 Å². The van der Waals surface area contributed by atoms with E-state index in [0.717, 1.165) is 7.11 Å². The second-order valence-corrected chi connectivity index (χ2v) is 9.15. The smallest absolute Gasteiger partial charge is 0.348 e. The standard InChI is InChI=1S/C21H19NO7S2/c1-13-17(19(23)27-2)21(30-18(13)20(24)28-3)31(25,26)22-14-9-11-16(12-10-14)29-15-7-5-4-6-8-15/h4-12,22H,1-3H3. The molecule has 0 saturated carbocycles. The number of anilines is 1. The van der Waals surface area contributed by atoms with E-state index >= 15 is 0 Å². The van der Waals surface area contributed by atoms with Gasteiger partial charge in [0.2, 0.25) is 0 Å². The molecule has 0 aliphatic heterocycles. The van der Waals surface area contributed by atoms with Gasteiger partial charge in [0.1, 0.15) is 16.4 Å². The van der Waals surface area contributed by atoms with E-state index in [1.165, 1.54) is 26.2 Å². The van der Waals surface area contributed by atoms with Crippen molar-refractivity contribution in [3.8, 4) is 11.5 Å². The maximum atomic E-state index is 13.0. The Morgan fingerprint density at radius 1 is 0.871 bits per heavy atom. The van der Waals surface area contributed by atoms with Gasteiger partial charge in [-0.1, -0.05) is 18.2 Å². The molecule has 162 valence electrons. The molecule has 8 nitrogen and oxygen atoms in total. The molecule has 1 N–H and O–H groups in total. The zero-order valence-corrected chi connectivity index (χ0v) is 18.5. The number of thiophene rings is 1. The molecule has 2 aromatic carbocycles. The molecule has 0 unspecified atom stereocenters. The van der Waals surface area contributed by atoms with Crippen molar-refractivity contribution >= 4 is 39.0 Å². The summed E-state index contributed by atoms with van der Waals surface area (Å²) in [4.78, 5) is 24.2. The van der Waals surface area contributed by atoms with Gasteiger partial charge in [-0.3, -0.25) is 4.72 Å². The topological polar surface area (TPSA) is 108 Å². The molecule has 1 aromatic heterocycles. The Balaban J connectivity index is 1.90. The maximum Gasteiger partial charge on any atom is 0.348 e. The molecule has 0 saturated heterocycles. The molecule has 0 aliphatic carbocycles. The summed E-state index contributed by atoms with van der Waals surface area (Å²) in [5.74, 6) is -0.445. The lowest BCUT2D eigenvalue weighted by Gasteiger charge is -2.10. The highest BCUT2D eigenvalue weighted by Crippen LogP contribution is 2.34. The van der Waals surface area contributed by atoms with Gasteiger partial charge in [-0.2, -0.15) is 0 Å². The molecular formula is C21H19NO7S2. The third kappa shape index (κ3) is 4.86. The van der Waals surface area contributed by atoms with E-state index < -0.39 is 22.0 Å². The number of ether oxygens (including phenoxy) is 3. The molecule has 0 atom stereocenters. The number of rotatable bonds is 7. The highest BCUT2D eigenvalue weighted by Gasteiger charge is 2.32. The Hall–Kier alpha value is -3.37. The SMILES string of the molecule is COC(=O)c1sc(S(=O)(=O)Nc2ccc(Oc3ccccc3)cc2)c(C(=O)OC)c1C. The number of nitrogens with one attached hydrogen (secondary N) is 1. The zero-order chi connectivity index (χ0) is 22.6. The maximum absolute atomic E-state index is 13.0. The Morgan fingerprint density at radius 2 is 1.45 bits per heavy atom. The number of carbonyl (C=O) groups is 2. The molecule has 10 heteroatoms. The van der Waals surface area contributed by atoms with E-state index in [9.17, 15) is 18.0 Å². The Kier molecular flexibility index (Phi) is 6.62. The summed E-state index contributed by atoms with van der Waals surface area (Å²) in [6.45, 7) is 1.46. The van der Waals surface area contributed by atoms with Crippen LogP contribution in [0.3, 0.4) is 0 Å². The molecular weight excluding hydrogens is 442 g/mol. The summed E-state index contributed by atoms with van der Waals surface area (Å²) in [5, 5.41) is 0. The highest BCUT2D eigenvalue weighted by molar-refractivity contribution is 7.94. The predicted octanol–water partition coefficient (Wildman–Crippen LogP) is 4.22. The fraction of sp³-hybridized carbons (Fsp3) is 0.143. The van der Waals surface area contributed by atoms with E-state index in [1.807, 2.05) is 18.2 Å². The van der Waals surface area contributed by atoms with Crippen LogP contribution >= 0.6 is 11.3 Å². The van der Waals surface area contributed by atoms with Crippen molar-refractivity contribution in [3.63, 3.8) is 0 Å². The molecule has 0 radical (unpaired) electrons. The molecule has 1 heterocycles. The van der Waals surface area contributed by atoms with Crippen LogP contribution in [-0.4, -0.2) is 34.6 Å². The molecule has 0 fully saturated rings. The van der Waals surface area contributed by atoms with Gasteiger partial charge in [0.25, 0.3) is 10.0 Å². The van der Waals surface area contributed by atoms with Crippen LogP contribution < -0.4 is 9.46 Å². The fourth-order valence-electron chi connectivity index (χ4n) is 2.72. The Morgan fingerprint density at radius 3 is 2.03 bits per heavy atom. The van der Waals surface area contributed by atoms with Crippen LogP contribution in [-0.2, 0) is 19.5 Å². The Bertz CT molecular complexity index is 1200. The first-order valence-electron chi connectivity index (χ1n) is 8.92. The van der Waals surface area contributed by atoms with Crippen molar-refractivity contribution in [3.05, 3.63) is 70.6 Å². The fourth-order valence-corrected chi connectivity index (χ4v) is 5.52. The lowest BCUT2D eigenvalue weighted by Crippen LogP contribution is -2.16. The number of benzene rings is 2. The van der Waals surface area contributed by atoms with Gasteiger partial charge in [-0.05, 0) is 48.9 Å². The van der Waals surface area contributed by atoms with Gasteiger partial charge in [0, 0.05) is 5.69 Å². The van der Waals surface area contributed by atoms with Crippen LogP contribution in [0.25, 0.3) is 0 Å². The molecule has 0 amide bonds. The first-order valence-corrected chi connectivity index (χ1v) is 11.2. The zero-order valence-electron chi connectivity index (χ0n) is 16.9. The van der Waals surface area contributed by atoms with E-state index in [-0.39, 0.29) is 25.9 Å². The van der Waals surface area contributed by atoms with Crippen LogP contribution in [0.15, 0.2) is 58.8 Å². The molecule has 3 aromatic rings. The number of hydrogen-bond acceptors (Lipinski definition) is 8. The van der Waals surface area contributed by atoms with Gasteiger partial charge in [-0.25, -0.2) is 18.0 Å². The summed E-state index contributed by atoms with van der Waals surface area (Å²) in [6.07, 6.45) is 0. The second kappa shape index (κ2) is 9.19. The van der Waals surface area contributed by atoms with Crippen molar-refractivity contribution < 1.29 is 32.2 Å². The highest BCUT2D eigenvalue weighted by atomic mass is 32.2. The minimum absolute atomic E-state index is 0.00915. The van der Waals surface area contributed by atoms with Gasteiger partial charge in [0.05, 0.1) is 19.8 Å². The second-order valence-electron chi connectivity index (χ2n) is 6.25. The Labute approximate surface area is 183 Å². The molecule has 0 spiro atoms. The van der Waals surface area contributed by atoms with E-state index in [1.54, 1.807) is 24.3 Å². The summed E-state index contributed by atoms with van der Waals surface area (Å²) in [7, 11) is -1.89. The van der Waals surface area contributed by atoms with Crippen LogP contribution in [0, 0.1) is 6.92 Å². The van der Waals surface area contributed by atoms with Gasteiger partial charge in [0.15, 0.2) is 4.21 Å². The van der Waals surface area contributed by atoms with E-state index in [2.05, 4.69) is 9.46 Å². The average Bonchev–Trinajstić information content (AvgIpc) is 3.12. The minimum atomic E-state index is -4.20. The average molecular weight is 462 g/mol. The first kappa shape index (κ1) is 22.3. The number of methoxy groups -OCH3 is 2. The predicted molar refractivity (Wildman–Crippen MR) is 116 cm³/mol. The number of hydrogen-bond donors (Lipinski definition) is 1. The van der Waals surface area contributed by atoms with Crippen LogP contribution in [0.1, 0.15) is 25.6 Å². The van der Waals surface area contributed by atoms with Crippen LogP contribution in [0.5, 0.6) is 11.5 Å². The summed E-state index contributed by atoms with van der Waals surface area (Å²) < 4.78 is 43.2. The lowest BCUT2D eigenvalue weighted by molar-refractivity contribution is 0.0596. The number of sulfonamides is 1. The summed E-state index contributed by atoms with van der Waals surface area (Å²) in [5.41, 5.74) is 0.224. The first-order chi connectivity index (χ1) is 14.8. The van der Waals surface area contributed by atoms with Gasteiger partial charge < -0.3 is 14.2 Å². The minimum Gasteiger partial charge on any atom is -0.465 e. The molecule has 0 aliphatic rings. The molecule has 31 heavy (non-hydrogen) atoms. The van der Waals surface area contributed by atoms with Crippen molar-refractivity contribution in [2.45, 2.75) is 11.1 Å². The number of esters is 2. The van der Waals surface area contributed by atoms with Crippen LogP contribution in [0.2, 0.25) is 0 Å².